The predicted molar refractivity (Wildman–Crippen MR) is 60.9 cm³/mol. The number of imidazole rings is 1. The molecule has 0 spiro atoms. The number of aryl methyl sites for hydroxylation is 1. The van der Waals surface area contributed by atoms with E-state index in [0.717, 1.165) is 22.6 Å². The van der Waals surface area contributed by atoms with Gasteiger partial charge in [-0.3, -0.25) is 0 Å². The van der Waals surface area contributed by atoms with Crippen molar-refractivity contribution in [1.29, 1.82) is 0 Å². The van der Waals surface area contributed by atoms with E-state index in [-0.39, 0.29) is 0 Å². The number of hydrogen-bond donors (Lipinski definition) is 2. The van der Waals surface area contributed by atoms with E-state index in [9.17, 15) is 0 Å². The molecule has 0 saturated heterocycles. The molecule has 1 heterocycles. The van der Waals surface area contributed by atoms with Crippen LogP contribution in [0, 0.1) is 0 Å². The summed E-state index contributed by atoms with van der Waals surface area (Å²) in [6.07, 6.45) is 3.65. The topological polar surface area (TPSA) is 69.9 Å². The molecule has 4 N–H and O–H groups in total. The molecule has 0 aliphatic heterocycles. The summed E-state index contributed by atoms with van der Waals surface area (Å²) in [6, 6.07) is 5.78. The Morgan fingerprint density at radius 3 is 2.80 bits per heavy atom. The molecule has 1 aromatic carbocycles. The smallest absolute Gasteiger partial charge is 0.141 e. The van der Waals surface area contributed by atoms with Gasteiger partial charge in [-0.1, -0.05) is 6.07 Å². The Balaban J connectivity index is 2.56. The zero-order chi connectivity index (χ0) is 10.8. The Bertz CT molecular complexity index is 473. The number of nitrogens with two attached hydrogens (primary N) is 2. The molecule has 2 aromatic rings. The normalized spacial score (nSPS) is 10.5. The molecule has 0 bridgehead atoms. The van der Waals surface area contributed by atoms with Crippen molar-refractivity contribution in [3.63, 3.8) is 0 Å². The molecule has 4 nitrogen and oxygen atoms in total. The van der Waals surface area contributed by atoms with E-state index in [2.05, 4.69) is 4.98 Å². The van der Waals surface area contributed by atoms with Crippen LogP contribution in [0.3, 0.4) is 0 Å². The van der Waals surface area contributed by atoms with Crippen molar-refractivity contribution in [2.75, 3.05) is 5.73 Å². The zero-order valence-electron chi connectivity index (χ0n) is 8.64. The summed E-state index contributed by atoms with van der Waals surface area (Å²) < 4.78 is 1.94. The van der Waals surface area contributed by atoms with Crippen LogP contribution in [0.25, 0.3) is 11.4 Å². The summed E-state index contributed by atoms with van der Waals surface area (Å²) in [5.74, 6) is 0.864. The Labute approximate surface area is 88.5 Å². The fourth-order valence-corrected chi connectivity index (χ4v) is 1.55. The average Bonchev–Trinajstić information content (AvgIpc) is 2.65. The van der Waals surface area contributed by atoms with Crippen LogP contribution < -0.4 is 11.5 Å². The minimum atomic E-state index is 0.512. The Morgan fingerprint density at radius 1 is 1.40 bits per heavy atom. The lowest BCUT2D eigenvalue weighted by molar-refractivity contribution is 0.924. The zero-order valence-corrected chi connectivity index (χ0v) is 8.64. The van der Waals surface area contributed by atoms with Crippen molar-refractivity contribution in [2.24, 2.45) is 12.8 Å². The van der Waals surface area contributed by atoms with Gasteiger partial charge in [-0.25, -0.2) is 4.98 Å². The monoisotopic (exact) mass is 202 g/mol. The minimum absolute atomic E-state index is 0.512. The third-order valence-electron chi connectivity index (χ3n) is 2.42. The number of rotatable bonds is 2. The summed E-state index contributed by atoms with van der Waals surface area (Å²) >= 11 is 0. The highest BCUT2D eigenvalue weighted by Gasteiger charge is 2.07. The lowest BCUT2D eigenvalue weighted by Gasteiger charge is -2.07. The van der Waals surface area contributed by atoms with E-state index in [1.54, 1.807) is 6.20 Å². The lowest BCUT2D eigenvalue weighted by Crippen LogP contribution is -2.00. The maximum absolute atomic E-state index is 5.91. The second-order valence-corrected chi connectivity index (χ2v) is 3.49. The van der Waals surface area contributed by atoms with Gasteiger partial charge < -0.3 is 16.0 Å². The Hall–Kier alpha value is -1.81. The molecule has 1 aromatic heterocycles. The van der Waals surface area contributed by atoms with E-state index < -0.39 is 0 Å². The number of nitrogens with zero attached hydrogens (tertiary/aromatic N) is 2. The van der Waals surface area contributed by atoms with E-state index in [1.165, 1.54) is 0 Å². The minimum Gasteiger partial charge on any atom is -0.398 e. The van der Waals surface area contributed by atoms with Gasteiger partial charge >= 0.3 is 0 Å². The number of aromatic nitrogens is 2. The molecular formula is C11H14N4. The van der Waals surface area contributed by atoms with Crippen LogP contribution in [0.4, 0.5) is 5.69 Å². The fraction of sp³-hybridized carbons (Fsp3) is 0.182. The molecule has 0 aliphatic rings. The number of anilines is 1. The Morgan fingerprint density at radius 2 is 2.20 bits per heavy atom. The summed E-state index contributed by atoms with van der Waals surface area (Å²) in [4.78, 5) is 4.26. The van der Waals surface area contributed by atoms with Gasteiger partial charge in [0.15, 0.2) is 0 Å². The highest BCUT2D eigenvalue weighted by molar-refractivity contribution is 5.72. The maximum atomic E-state index is 5.91. The van der Waals surface area contributed by atoms with Gasteiger partial charge in [0.25, 0.3) is 0 Å². The van der Waals surface area contributed by atoms with Crippen molar-refractivity contribution in [1.82, 2.24) is 9.55 Å². The molecule has 0 aliphatic carbocycles. The maximum Gasteiger partial charge on any atom is 0.141 e. The van der Waals surface area contributed by atoms with Crippen molar-refractivity contribution >= 4 is 5.69 Å². The number of hydrogen-bond acceptors (Lipinski definition) is 3. The second-order valence-electron chi connectivity index (χ2n) is 3.49. The van der Waals surface area contributed by atoms with Crippen molar-refractivity contribution in [3.8, 4) is 11.4 Å². The highest BCUT2D eigenvalue weighted by atomic mass is 15.0. The molecule has 0 radical (unpaired) electrons. The Kier molecular flexibility index (Phi) is 2.43. The first-order chi connectivity index (χ1) is 7.22. The number of benzene rings is 1. The van der Waals surface area contributed by atoms with Crippen LogP contribution in [0.1, 0.15) is 5.56 Å². The first-order valence-electron chi connectivity index (χ1n) is 4.78. The third-order valence-corrected chi connectivity index (χ3v) is 2.42. The predicted octanol–water partition coefficient (Wildman–Crippen LogP) is 1.13. The molecule has 0 unspecified atom stereocenters. The van der Waals surface area contributed by atoms with E-state index in [1.807, 2.05) is 36.0 Å². The molecule has 15 heavy (non-hydrogen) atoms. The van der Waals surface area contributed by atoms with Crippen LogP contribution in [0.5, 0.6) is 0 Å². The molecule has 0 fully saturated rings. The third kappa shape index (κ3) is 1.71. The molecular weight excluding hydrogens is 188 g/mol. The standard InChI is InChI=1S/C11H14N4/c1-15-5-4-14-11(15)9-6-8(7-12)2-3-10(9)13/h2-6H,7,12-13H2,1H3. The van der Waals surface area contributed by atoms with Gasteiger partial charge in [-0.05, 0) is 17.7 Å². The van der Waals surface area contributed by atoms with Gasteiger partial charge in [-0.2, -0.15) is 0 Å². The van der Waals surface area contributed by atoms with E-state index in [4.69, 9.17) is 11.5 Å². The second kappa shape index (κ2) is 3.74. The van der Waals surface area contributed by atoms with Gasteiger partial charge in [0.05, 0.1) is 0 Å². The molecule has 0 atom stereocenters. The first kappa shape index (κ1) is 9.73. The SMILES string of the molecule is Cn1ccnc1-c1cc(CN)ccc1N. The van der Waals surface area contributed by atoms with Gasteiger partial charge in [0.1, 0.15) is 5.82 Å². The largest absolute Gasteiger partial charge is 0.398 e. The molecule has 4 heteroatoms. The van der Waals surface area contributed by atoms with Crippen LogP contribution in [-0.4, -0.2) is 9.55 Å². The molecule has 0 amide bonds. The van der Waals surface area contributed by atoms with Crippen LogP contribution >= 0.6 is 0 Å². The molecule has 0 saturated carbocycles. The average molecular weight is 202 g/mol. The van der Waals surface area contributed by atoms with Gasteiger partial charge in [0.2, 0.25) is 0 Å². The summed E-state index contributed by atoms with van der Waals surface area (Å²) in [7, 11) is 1.94. The van der Waals surface area contributed by atoms with Gasteiger partial charge in [0, 0.05) is 37.2 Å². The molecule has 2 rings (SSSR count). The summed E-state index contributed by atoms with van der Waals surface area (Å²) in [5.41, 5.74) is 14.2. The van der Waals surface area contributed by atoms with Crippen LogP contribution in [0.15, 0.2) is 30.6 Å². The summed E-state index contributed by atoms with van der Waals surface area (Å²) in [6.45, 7) is 0.512. The van der Waals surface area contributed by atoms with Crippen LogP contribution in [-0.2, 0) is 13.6 Å². The highest BCUT2D eigenvalue weighted by Crippen LogP contribution is 2.24. The molecule has 78 valence electrons. The first-order valence-corrected chi connectivity index (χ1v) is 4.78. The van der Waals surface area contributed by atoms with Gasteiger partial charge in [-0.15, -0.1) is 0 Å². The van der Waals surface area contributed by atoms with Crippen molar-refractivity contribution in [3.05, 3.63) is 36.2 Å². The van der Waals surface area contributed by atoms with Crippen LogP contribution in [0.2, 0.25) is 0 Å². The quantitative estimate of drug-likeness (QED) is 0.717. The van der Waals surface area contributed by atoms with E-state index in [0.29, 0.717) is 6.54 Å². The van der Waals surface area contributed by atoms with E-state index >= 15 is 0 Å². The summed E-state index contributed by atoms with van der Waals surface area (Å²) in [5, 5.41) is 0. The number of nitrogen functional groups attached to an aromatic ring is 1. The van der Waals surface area contributed by atoms with Crippen molar-refractivity contribution < 1.29 is 0 Å². The van der Waals surface area contributed by atoms with Crippen molar-refractivity contribution in [2.45, 2.75) is 6.54 Å². The lowest BCUT2D eigenvalue weighted by atomic mass is 10.1. The fourth-order valence-electron chi connectivity index (χ4n) is 1.55.